The van der Waals surface area contributed by atoms with Gasteiger partial charge in [0.2, 0.25) is 5.91 Å². The van der Waals surface area contributed by atoms with Crippen LogP contribution in [0.15, 0.2) is 54.6 Å². The molecule has 7 nitrogen and oxygen atoms in total. The van der Waals surface area contributed by atoms with E-state index in [0.29, 0.717) is 11.3 Å². The number of rotatable bonds is 6. The molecule has 2 aromatic rings. The molecule has 2 rings (SSSR count). The fraction of sp³-hybridized carbons (Fsp3) is 0.318. The van der Waals surface area contributed by atoms with Crippen LogP contribution in [-0.2, 0) is 20.9 Å². The van der Waals surface area contributed by atoms with E-state index in [2.05, 4.69) is 10.6 Å². The van der Waals surface area contributed by atoms with Crippen molar-refractivity contribution in [2.45, 2.75) is 45.9 Å². The van der Waals surface area contributed by atoms with Gasteiger partial charge in [-0.3, -0.25) is 4.79 Å². The van der Waals surface area contributed by atoms with Gasteiger partial charge in [-0.05, 0) is 57.5 Å². The van der Waals surface area contributed by atoms with Crippen molar-refractivity contribution in [3.63, 3.8) is 0 Å². The fourth-order valence-corrected chi connectivity index (χ4v) is 2.30. The van der Waals surface area contributed by atoms with Gasteiger partial charge < -0.3 is 20.1 Å². The number of esters is 1. The number of ether oxygens (including phenoxy) is 2. The Morgan fingerprint density at radius 2 is 1.59 bits per heavy atom. The molecule has 2 amide bonds. The number of hydrogen-bond acceptors (Lipinski definition) is 5. The summed E-state index contributed by atoms with van der Waals surface area (Å²) in [6, 6.07) is 14.9. The zero-order valence-electron chi connectivity index (χ0n) is 17.0. The lowest BCUT2D eigenvalue weighted by Crippen LogP contribution is -2.43. The van der Waals surface area contributed by atoms with Gasteiger partial charge in [0.05, 0.1) is 5.56 Å². The Morgan fingerprint density at radius 3 is 2.17 bits per heavy atom. The van der Waals surface area contributed by atoms with E-state index >= 15 is 0 Å². The zero-order chi connectivity index (χ0) is 21.4. The minimum atomic E-state index is -0.791. The predicted molar refractivity (Wildman–Crippen MR) is 109 cm³/mol. The highest BCUT2D eigenvalue weighted by atomic mass is 16.6. The van der Waals surface area contributed by atoms with E-state index in [4.69, 9.17) is 9.47 Å². The second-order valence-corrected chi connectivity index (χ2v) is 7.50. The lowest BCUT2D eigenvalue weighted by atomic mass is 10.2. The summed E-state index contributed by atoms with van der Waals surface area (Å²) in [4.78, 5) is 36.1. The molecule has 0 aliphatic carbocycles. The number of alkyl carbamates (subject to hydrolysis) is 1. The molecule has 0 aromatic heterocycles. The van der Waals surface area contributed by atoms with Crippen molar-refractivity contribution < 1.29 is 23.9 Å². The third-order valence-electron chi connectivity index (χ3n) is 3.73. The van der Waals surface area contributed by atoms with Crippen molar-refractivity contribution in [3.8, 4) is 0 Å². The number of carbonyl (C=O) groups is 3. The number of hydrogen-bond donors (Lipinski definition) is 2. The highest BCUT2D eigenvalue weighted by Crippen LogP contribution is 2.12. The van der Waals surface area contributed by atoms with Crippen LogP contribution in [0, 0.1) is 0 Å². The summed E-state index contributed by atoms with van der Waals surface area (Å²) in [5, 5.41) is 5.14. The molecule has 0 heterocycles. The maximum Gasteiger partial charge on any atom is 0.408 e. The van der Waals surface area contributed by atoms with Gasteiger partial charge in [-0.1, -0.05) is 30.3 Å². The van der Waals surface area contributed by atoms with Crippen LogP contribution in [0.2, 0.25) is 0 Å². The Kier molecular flexibility index (Phi) is 7.36. The van der Waals surface area contributed by atoms with Gasteiger partial charge in [0.25, 0.3) is 0 Å². The number of benzene rings is 2. The third-order valence-corrected chi connectivity index (χ3v) is 3.73. The van der Waals surface area contributed by atoms with E-state index in [1.807, 2.05) is 30.3 Å². The van der Waals surface area contributed by atoms with Crippen molar-refractivity contribution in [3.05, 3.63) is 65.7 Å². The average molecular weight is 398 g/mol. The van der Waals surface area contributed by atoms with Gasteiger partial charge >= 0.3 is 12.1 Å². The molecule has 154 valence electrons. The molecular weight excluding hydrogens is 372 g/mol. The summed E-state index contributed by atoms with van der Waals surface area (Å²) < 4.78 is 10.4. The van der Waals surface area contributed by atoms with Crippen LogP contribution in [0.25, 0.3) is 0 Å². The normalized spacial score (nSPS) is 11.9. The zero-order valence-corrected chi connectivity index (χ0v) is 17.0. The van der Waals surface area contributed by atoms with Gasteiger partial charge in [0, 0.05) is 5.69 Å². The van der Waals surface area contributed by atoms with Crippen molar-refractivity contribution in [2.75, 3.05) is 5.32 Å². The molecular formula is C22H26N2O5. The van der Waals surface area contributed by atoms with Crippen molar-refractivity contribution in [2.24, 2.45) is 0 Å². The van der Waals surface area contributed by atoms with Crippen LogP contribution in [0.5, 0.6) is 0 Å². The second-order valence-electron chi connectivity index (χ2n) is 7.50. The van der Waals surface area contributed by atoms with Gasteiger partial charge in [-0.2, -0.15) is 0 Å². The molecule has 7 heteroatoms. The van der Waals surface area contributed by atoms with Crippen LogP contribution in [0.1, 0.15) is 43.6 Å². The van der Waals surface area contributed by atoms with E-state index < -0.39 is 29.6 Å². The predicted octanol–water partition coefficient (Wildman–Crippen LogP) is 3.90. The van der Waals surface area contributed by atoms with E-state index in [1.165, 1.54) is 0 Å². The molecule has 0 radical (unpaired) electrons. The summed E-state index contributed by atoms with van der Waals surface area (Å²) in [5.74, 6) is -0.859. The smallest absolute Gasteiger partial charge is 0.408 e. The van der Waals surface area contributed by atoms with Crippen LogP contribution < -0.4 is 10.6 Å². The van der Waals surface area contributed by atoms with Gasteiger partial charge in [-0.25, -0.2) is 9.59 Å². The lowest BCUT2D eigenvalue weighted by molar-refractivity contribution is -0.117. The van der Waals surface area contributed by atoms with E-state index in [9.17, 15) is 14.4 Å². The number of anilines is 1. The number of carbonyl (C=O) groups excluding carboxylic acids is 3. The van der Waals surface area contributed by atoms with E-state index in [-0.39, 0.29) is 6.61 Å². The average Bonchev–Trinajstić information content (AvgIpc) is 2.66. The minimum Gasteiger partial charge on any atom is -0.457 e. The molecule has 0 bridgehead atoms. The SMILES string of the molecule is C[C@H](NC(=O)OC(C)(C)C)C(=O)Nc1ccc(C(=O)OCc2ccccc2)cc1. The van der Waals surface area contributed by atoms with Crippen molar-refractivity contribution in [1.82, 2.24) is 5.32 Å². The highest BCUT2D eigenvalue weighted by molar-refractivity contribution is 5.97. The number of nitrogens with one attached hydrogen (secondary N) is 2. The van der Waals surface area contributed by atoms with Crippen LogP contribution in [-0.4, -0.2) is 29.6 Å². The highest BCUT2D eigenvalue weighted by Gasteiger charge is 2.21. The Balaban J connectivity index is 1.85. The van der Waals surface area contributed by atoms with E-state index in [0.717, 1.165) is 5.56 Å². The molecule has 0 saturated carbocycles. The summed E-state index contributed by atoms with van der Waals surface area (Å²) in [6.45, 7) is 6.96. The van der Waals surface area contributed by atoms with Gasteiger partial charge in [0.15, 0.2) is 0 Å². The first-order chi connectivity index (χ1) is 13.6. The summed E-state index contributed by atoms with van der Waals surface area (Å²) in [6.07, 6.45) is -0.670. The molecule has 0 unspecified atom stereocenters. The Morgan fingerprint density at radius 1 is 0.966 bits per heavy atom. The summed E-state index contributed by atoms with van der Waals surface area (Å²) >= 11 is 0. The maximum atomic E-state index is 12.2. The quantitative estimate of drug-likeness (QED) is 0.720. The largest absolute Gasteiger partial charge is 0.457 e. The third kappa shape index (κ3) is 7.65. The van der Waals surface area contributed by atoms with Crippen LogP contribution in [0.3, 0.4) is 0 Å². The lowest BCUT2D eigenvalue weighted by Gasteiger charge is -2.21. The fourth-order valence-electron chi connectivity index (χ4n) is 2.30. The molecule has 0 spiro atoms. The standard InChI is InChI=1S/C22H26N2O5/c1-15(23-21(27)29-22(2,3)4)19(25)24-18-12-10-17(11-13-18)20(26)28-14-16-8-6-5-7-9-16/h5-13,15H,14H2,1-4H3,(H,23,27)(H,24,25)/t15-/m0/s1. The Bertz CT molecular complexity index is 842. The molecule has 0 aliphatic rings. The van der Waals surface area contributed by atoms with Crippen molar-refractivity contribution in [1.29, 1.82) is 0 Å². The van der Waals surface area contributed by atoms with Crippen LogP contribution in [0.4, 0.5) is 10.5 Å². The monoisotopic (exact) mass is 398 g/mol. The molecule has 0 saturated heterocycles. The first-order valence-corrected chi connectivity index (χ1v) is 9.25. The molecule has 2 aromatic carbocycles. The number of amides is 2. The Hall–Kier alpha value is -3.35. The first kappa shape index (κ1) is 21.9. The topological polar surface area (TPSA) is 93.7 Å². The molecule has 0 fully saturated rings. The van der Waals surface area contributed by atoms with Gasteiger partial charge in [0.1, 0.15) is 18.2 Å². The summed E-state index contributed by atoms with van der Waals surface area (Å²) in [5.41, 5.74) is 1.12. The van der Waals surface area contributed by atoms with Crippen LogP contribution >= 0.6 is 0 Å². The molecule has 0 aliphatic heterocycles. The molecule has 2 N–H and O–H groups in total. The maximum absolute atomic E-state index is 12.2. The minimum absolute atomic E-state index is 0.187. The molecule has 29 heavy (non-hydrogen) atoms. The molecule has 1 atom stereocenters. The Labute approximate surface area is 170 Å². The first-order valence-electron chi connectivity index (χ1n) is 9.25. The van der Waals surface area contributed by atoms with Crippen molar-refractivity contribution >= 4 is 23.7 Å². The van der Waals surface area contributed by atoms with Gasteiger partial charge in [-0.15, -0.1) is 0 Å². The summed E-state index contributed by atoms with van der Waals surface area (Å²) in [7, 11) is 0. The second kappa shape index (κ2) is 9.73. The van der Waals surface area contributed by atoms with E-state index in [1.54, 1.807) is 52.0 Å².